The van der Waals surface area contributed by atoms with E-state index in [-0.39, 0.29) is 44.0 Å². The van der Waals surface area contributed by atoms with Gasteiger partial charge in [-0.1, -0.05) is 36.4 Å². The van der Waals surface area contributed by atoms with Crippen LogP contribution < -0.4 is 9.44 Å². The van der Waals surface area contributed by atoms with Crippen LogP contribution in [0.5, 0.6) is 0 Å². The largest absolute Gasteiger partial charge is 0.465 e. The van der Waals surface area contributed by atoms with E-state index in [2.05, 4.69) is 9.44 Å². The van der Waals surface area contributed by atoms with Crippen molar-refractivity contribution in [3.05, 3.63) is 70.9 Å². The molecule has 2 aromatic heterocycles. The molecule has 14 heteroatoms. The molecule has 2 heterocycles. The molecular weight excluding hydrogens is 585 g/mol. The number of thiophene rings is 2. The smallest absolute Gasteiger partial charge is 0.324 e. The van der Waals surface area contributed by atoms with Gasteiger partial charge in [0.25, 0.3) is 20.0 Å². The van der Waals surface area contributed by atoms with Gasteiger partial charge in [0.15, 0.2) is 5.92 Å². The highest BCUT2D eigenvalue weighted by atomic mass is 32.3. The first-order valence-electron chi connectivity index (χ1n) is 11.6. The van der Waals surface area contributed by atoms with Gasteiger partial charge in [0.05, 0.1) is 24.6 Å². The van der Waals surface area contributed by atoms with E-state index in [1.165, 1.54) is 18.2 Å². The van der Waals surface area contributed by atoms with E-state index in [0.29, 0.717) is 5.39 Å². The highest BCUT2D eigenvalue weighted by Crippen LogP contribution is 2.40. The molecule has 0 aliphatic rings. The maximum absolute atomic E-state index is 13.3. The molecule has 0 saturated carbocycles. The molecule has 0 spiro atoms. The average Bonchev–Trinajstić information content (AvgIpc) is 3.62. The predicted molar refractivity (Wildman–Crippen MR) is 150 cm³/mol. The summed E-state index contributed by atoms with van der Waals surface area (Å²) in [7, 11) is -8.20. The zero-order chi connectivity index (χ0) is 28.2. The van der Waals surface area contributed by atoms with E-state index in [1.54, 1.807) is 61.0 Å². The van der Waals surface area contributed by atoms with Gasteiger partial charge in [-0.2, -0.15) is 0 Å². The second kappa shape index (κ2) is 11.7. The second-order valence-corrected chi connectivity index (χ2v) is 13.7. The number of hydrogen-bond acceptors (Lipinski definition) is 10. The Kier molecular flexibility index (Phi) is 8.59. The van der Waals surface area contributed by atoms with Gasteiger partial charge in [-0.05, 0) is 42.8 Å². The van der Waals surface area contributed by atoms with Crippen molar-refractivity contribution in [2.75, 3.05) is 22.7 Å². The minimum atomic E-state index is -4.15. The minimum absolute atomic E-state index is 0.00354. The monoisotopic (exact) mass is 608 g/mol. The van der Waals surface area contributed by atoms with E-state index in [9.17, 15) is 26.4 Å². The van der Waals surface area contributed by atoms with Crippen LogP contribution in [0.3, 0.4) is 0 Å². The third-order valence-corrected chi connectivity index (χ3v) is 10.9. The summed E-state index contributed by atoms with van der Waals surface area (Å²) >= 11 is 1.99. The Labute approximate surface area is 233 Å². The number of sulfonamides is 2. The lowest BCUT2D eigenvalue weighted by molar-refractivity contribution is -0.156. The SMILES string of the molecule is CCOC(=O)C(C(=O)OCC)c1cc(NS(=O)(=O)c2cccs2)c2ccccc2c1NS(=O)(=O)c1cccs1. The summed E-state index contributed by atoms with van der Waals surface area (Å²) in [6, 6.07) is 13.7. The van der Waals surface area contributed by atoms with Crippen LogP contribution in [0.25, 0.3) is 10.8 Å². The summed E-state index contributed by atoms with van der Waals surface area (Å²) in [6.07, 6.45) is 0. The fraction of sp³-hybridized carbons (Fsp3) is 0.200. The quantitative estimate of drug-likeness (QED) is 0.183. The van der Waals surface area contributed by atoms with Crippen LogP contribution in [-0.4, -0.2) is 42.0 Å². The fourth-order valence-corrected chi connectivity index (χ4v) is 8.00. The van der Waals surface area contributed by atoms with Gasteiger partial charge in [0.1, 0.15) is 8.42 Å². The summed E-state index contributed by atoms with van der Waals surface area (Å²) in [5.41, 5.74) is -0.176. The second-order valence-electron chi connectivity index (χ2n) is 7.95. The number of carbonyl (C=O) groups excluding carboxylic acids is 2. The molecule has 2 aromatic carbocycles. The third-order valence-electron chi connectivity index (χ3n) is 5.43. The molecule has 4 aromatic rings. The van der Waals surface area contributed by atoms with Crippen LogP contribution in [0.4, 0.5) is 11.4 Å². The molecule has 4 rings (SSSR count). The molecule has 206 valence electrons. The molecule has 0 unspecified atom stereocenters. The summed E-state index contributed by atoms with van der Waals surface area (Å²) in [5.74, 6) is -3.66. The van der Waals surface area contributed by atoms with Crippen molar-refractivity contribution in [2.24, 2.45) is 0 Å². The summed E-state index contributed by atoms with van der Waals surface area (Å²) < 4.78 is 68.2. The van der Waals surface area contributed by atoms with Crippen LogP contribution in [0, 0.1) is 0 Å². The normalized spacial score (nSPS) is 11.9. The Morgan fingerprint density at radius 1 is 0.769 bits per heavy atom. The molecule has 0 fully saturated rings. The van der Waals surface area contributed by atoms with Crippen molar-refractivity contribution in [3.8, 4) is 0 Å². The Morgan fingerprint density at radius 2 is 1.28 bits per heavy atom. The van der Waals surface area contributed by atoms with Crippen LogP contribution in [0.15, 0.2) is 73.8 Å². The van der Waals surface area contributed by atoms with Crippen molar-refractivity contribution < 1.29 is 35.9 Å². The zero-order valence-corrected chi connectivity index (χ0v) is 24.0. The van der Waals surface area contributed by atoms with Crippen molar-refractivity contribution in [3.63, 3.8) is 0 Å². The van der Waals surface area contributed by atoms with E-state index < -0.39 is 37.9 Å². The summed E-state index contributed by atoms with van der Waals surface area (Å²) in [5, 5.41) is 3.78. The van der Waals surface area contributed by atoms with E-state index >= 15 is 0 Å². The number of ether oxygens (including phenoxy) is 2. The number of nitrogens with one attached hydrogen (secondary N) is 2. The van der Waals surface area contributed by atoms with Gasteiger partial charge in [-0.25, -0.2) is 16.8 Å². The van der Waals surface area contributed by atoms with Crippen molar-refractivity contribution in [1.82, 2.24) is 0 Å². The Hall–Kier alpha value is -3.46. The summed E-state index contributed by atoms with van der Waals surface area (Å²) in [4.78, 5) is 26.2. The van der Waals surface area contributed by atoms with Crippen LogP contribution >= 0.6 is 22.7 Å². The van der Waals surface area contributed by atoms with Crippen LogP contribution in [-0.2, 0) is 39.1 Å². The van der Waals surface area contributed by atoms with E-state index in [1.807, 2.05) is 0 Å². The molecule has 10 nitrogen and oxygen atoms in total. The van der Waals surface area contributed by atoms with Gasteiger partial charge in [-0.3, -0.25) is 19.0 Å². The standard InChI is InChI=1S/C25H24N2O8S4/c1-3-34-24(28)22(25(29)35-4-2)18-15-19(26-38(30,31)20-11-7-13-36-20)16-9-5-6-10-17(16)23(18)27-39(32,33)21-12-8-14-37-21/h5-15,22,26-27H,3-4H2,1-2H3. The molecular formula is C25H24N2O8S4. The molecule has 39 heavy (non-hydrogen) atoms. The number of hydrogen-bond donors (Lipinski definition) is 2. The Bertz CT molecular complexity index is 1680. The summed E-state index contributed by atoms with van der Waals surface area (Å²) in [6.45, 7) is 3.00. The lowest BCUT2D eigenvalue weighted by Gasteiger charge is -2.22. The molecule has 0 radical (unpaired) electrons. The first kappa shape index (κ1) is 28.5. The zero-order valence-electron chi connectivity index (χ0n) is 20.7. The Morgan fingerprint density at radius 3 is 1.77 bits per heavy atom. The van der Waals surface area contributed by atoms with Gasteiger partial charge in [0.2, 0.25) is 0 Å². The molecule has 0 aliphatic carbocycles. The Balaban J connectivity index is 2.01. The molecule has 0 bridgehead atoms. The predicted octanol–water partition coefficient (Wildman–Crippen LogP) is 4.77. The maximum Gasteiger partial charge on any atom is 0.324 e. The van der Waals surface area contributed by atoms with Crippen LogP contribution in [0.2, 0.25) is 0 Å². The first-order chi connectivity index (χ1) is 18.6. The van der Waals surface area contributed by atoms with Gasteiger partial charge in [0, 0.05) is 16.3 Å². The first-order valence-corrected chi connectivity index (χ1v) is 16.3. The van der Waals surface area contributed by atoms with Crippen molar-refractivity contribution in [2.45, 2.75) is 28.2 Å². The molecule has 2 N–H and O–H groups in total. The molecule has 0 amide bonds. The number of anilines is 2. The van der Waals surface area contributed by atoms with Crippen molar-refractivity contribution >= 4 is 76.8 Å². The molecule has 0 aliphatic heterocycles. The van der Waals surface area contributed by atoms with Gasteiger partial charge in [-0.15, -0.1) is 22.7 Å². The number of rotatable bonds is 11. The maximum atomic E-state index is 13.3. The number of benzene rings is 2. The number of esters is 2. The fourth-order valence-electron chi connectivity index (χ4n) is 3.84. The minimum Gasteiger partial charge on any atom is -0.465 e. The van der Waals surface area contributed by atoms with E-state index in [0.717, 1.165) is 22.7 Å². The number of carbonyl (C=O) groups is 2. The van der Waals surface area contributed by atoms with Gasteiger partial charge < -0.3 is 9.47 Å². The molecule has 0 saturated heterocycles. The lowest BCUT2D eigenvalue weighted by Crippen LogP contribution is -2.28. The highest BCUT2D eigenvalue weighted by Gasteiger charge is 2.36. The molecule has 0 atom stereocenters. The van der Waals surface area contributed by atoms with Crippen LogP contribution in [0.1, 0.15) is 25.3 Å². The lowest BCUT2D eigenvalue weighted by atomic mass is 9.93. The topological polar surface area (TPSA) is 145 Å². The number of fused-ring (bicyclic) bond motifs is 1. The van der Waals surface area contributed by atoms with E-state index in [4.69, 9.17) is 9.47 Å². The highest BCUT2D eigenvalue weighted by molar-refractivity contribution is 7.95. The average molecular weight is 609 g/mol. The van der Waals surface area contributed by atoms with Crippen molar-refractivity contribution in [1.29, 1.82) is 0 Å². The third kappa shape index (κ3) is 6.08. The van der Waals surface area contributed by atoms with Gasteiger partial charge >= 0.3 is 11.9 Å².